The fourth-order valence-electron chi connectivity index (χ4n) is 2.02. The third-order valence-electron chi connectivity index (χ3n) is 3.10. The van der Waals surface area contributed by atoms with E-state index in [1.807, 2.05) is 12.4 Å². The zero-order valence-electron chi connectivity index (χ0n) is 10.4. The molecule has 2 nitrogen and oxygen atoms in total. The second-order valence-corrected chi connectivity index (χ2v) is 7.86. The van der Waals surface area contributed by atoms with Crippen LogP contribution in [0.2, 0.25) is 0 Å². The number of thioether (sulfide) groups is 1. The van der Waals surface area contributed by atoms with Crippen molar-refractivity contribution in [3.05, 3.63) is 28.5 Å². The minimum Gasteiger partial charge on any atom is -0.298 e. The van der Waals surface area contributed by atoms with Gasteiger partial charge in [0.1, 0.15) is 0 Å². The number of aromatic nitrogens is 1. The minimum absolute atomic E-state index is 0.435. The number of nitrogens with zero attached hydrogens (tertiary/aromatic N) is 2. The maximum atomic E-state index is 4.22. The average molecular weight is 315 g/mol. The van der Waals surface area contributed by atoms with Crippen molar-refractivity contribution in [3.8, 4) is 0 Å². The van der Waals surface area contributed by atoms with Gasteiger partial charge in [-0.2, -0.15) is 11.8 Å². The number of hydrogen-bond donors (Lipinski definition) is 0. The topological polar surface area (TPSA) is 16.1 Å². The van der Waals surface area contributed by atoms with Crippen LogP contribution in [-0.2, 0) is 6.54 Å². The van der Waals surface area contributed by atoms with E-state index in [1.165, 1.54) is 30.8 Å². The van der Waals surface area contributed by atoms with Gasteiger partial charge in [0.2, 0.25) is 0 Å². The first-order valence-corrected chi connectivity index (χ1v) is 7.79. The molecule has 1 fully saturated rings. The summed E-state index contributed by atoms with van der Waals surface area (Å²) in [7, 11) is 0. The second kappa shape index (κ2) is 5.72. The van der Waals surface area contributed by atoms with Gasteiger partial charge in [-0.25, -0.2) is 0 Å². The van der Waals surface area contributed by atoms with Crippen LogP contribution in [-0.4, -0.2) is 33.5 Å². The quantitative estimate of drug-likeness (QED) is 0.830. The Balaban J connectivity index is 1.95. The monoisotopic (exact) mass is 314 g/mol. The van der Waals surface area contributed by atoms with E-state index >= 15 is 0 Å². The zero-order valence-corrected chi connectivity index (χ0v) is 12.9. The van der Waals surface area contributed by atoms with Crippen LogP contribution in [0.15, 0.2) is 22.9 Å². The van der Waals surface area contributed by atoms with Gasteiger partial charge in [0.15, 0.2) is 0 Å². The fourth-order valence-corrected chi connectivity index (χ4v) is 3.57. The molecular formula is C13H19BrN2S. The molecule has 17 heavy (non-hydrogen) atoms. The van der Waals surface area contributed by atoms with Crippen LogP contribution >= 0.6 is 27.7 Å². The predicted molar refractivity (Wildman–Crippen MR) is 78.4 cm³/mol. The third-order valence-corrected chi connectivity index (χ3v) is 4.90. The first kappa shape index (κ1) is 13.4. The molecule has 1 saturated heterocycles. The SMILES string of the molecule is CC1(C)CCN(Cc2cncc(Br)c2)CCS1. The van der Waals surface area contributed by atoms with Gasteiger partial charge < -0.3 is 0 Å². The molecule has 94 valence electrons. The third kappa shape index (κ3) is 4.27. The first-order chi connectivity index (χ1) is 8.05. The highest BCUT2D eigenvalue weighted by Gasteiger charge is 2.23. The van der Waals surface area contributed by atoms with E-state index in [0.717, 1.165) is 11.0 Å². The van der Waals surface area contributed by atoms with Crippen molar-refractivity contribution in [1.82, 2.24) is 9.88 Å². The fraction of sp³-hybridized carbons (Fsp3) is 0.615. The molecular weight excluding hydrogens is 296 g/mol. The van der Waals surface area contributed by atoms with Crippen LogP contribution in [0.5, 0.6) is 0 Å². The van der Waals surface area contributed by atoms with Gasteiger partial charge in [0.05, 0.1) is 0 Å². The second-order valence-electron chi connectivity index (χ2n) is 5.15. The molecule has 0 amide bonds. The van der Waals surface area contributed by atoms with E-state index in [4.69, 9.17) is 0 Å². The van der Waals surface area contributed by atoms with Gasteiger partial charge in [0.25, 0.3) is 0 Å². The van der Waals surface area contributed by atoms with E-state index in [0.29, 0.717) is 4.75 Å². The Labute approximate surface area is 116 Å². The van der Waals surface area contributed by atoms with E-state index in [9.17, 15) is 0 Å². The number of hydrogen-bond acceptors (Lipinski definition) is 3. The highest BCUT2D eigenvalue weighted by atomic mass is 79.9. The standard InChI is InChI=1S/C13H19BrN2S/c1-13(2)3-4-16(5-6-17-13)10-11-7-12(14)9-15-8-11/h7-9H,3-6,10H2,1-2H3. The predicted octanol–water partition coefficient (Wildman–Crippen LogP) is 3.56. The molecule has 1 aromatic rings. The Bertz CT molecular complexity index is 381. The molecule has 0 aromatic carbocycles. The lowest BCUT2D eigenvalue weighted by Crippen LogP contribution is -2.26. The molecule has 0 radical (unpaired) electrons. The molecule has 0 unspecified atom stereocenters. The van der Waals surface area contributed by atoms with Gasteiger partial charge >= 0.3 is 0 Å². The van der Waals surface area contributed by atoms with Crippen molar-refractivity contribution in [2.75, 3.05) is 18.8 Å². The van der Waals surface area contributed by atoms with E-state index in [-0.39, 0.29) is 0 Å². The van der Waals surface area contributed by atoms with Gasteiger partial charge in [0, 0.05) is 40.5 Å². The Hall–Kier alpha value is -0.0600. The normalized spacial score (nSPS) is 21.1. The molecule has 4 heteroatoms. The van der Waals surface area contributed by atoms with Crippen LogP contribution < -0.4 is 0 Å². The number of pyridine rings is 1. The Morgan fingerprint density at radius 2 is 2.24 bits per heavy atom. The summed E-state index contributed by atoms with van der Waals surface area (Å²) >= 11 is 5.57. The van der Waals surface area contributed by atoms with E-state index in [2.05, 4.69) is 57.5 Å². The Morgan fingerprint density at radius 3 is 3.00 bits per heavy atom. The maximum absolute atomic E-state index is 4.22. The largest absolute Gasteiger partial charge is 0.298 e. The van der Waals surface area contributed by atoms with Gasteiger partial charge in [-0.1, -0.05) is 13.8 Å². The van der Waals surface area contributed by atoms with Crippen molar-refractivity contribution < 1.29 is 0 Å². The molecule has 0 aliphatic carbocycles. The van der Waals surface area contributed by atoms with Crippen molar-refractivity contribution in [2.24, 2.45) is 0 Å². The molecule has 0 N–H and O–H groups in total. The minimum atomic E-state index is 0.435. The number of halogens is 1. The molecule has 0 spiro atoms. The van der Waals surface area contributed by atoms with Crippen molar-refractivity contribution in [1.29, 1.82) is 0 Å². The summed E-state index contributed by atoms with van der Waals surface area (Å²) in [5, 5.41) is 0. The summed E-state index contributed by atoms with van der Waals surface area (Å²) in [6.45, 7) is 8.08. The molecule has 0 atom stereocenters. The molecule has 2 rings (SSSR count). The van der Waals surface area contributed by atoms with Crippen molar-refractivity contribution >= 4 is 27.7 Å². The van der Waals surface area contributed by atoms with Crippen LogP contribution in [0.25, 0.3) is 0 Å². The summed E-state index contributed by atoms with van der Waals surface area (Å²) in [5.74, 6) is 1.23. The lowest BCUT2D eigenvalue weighted by Gasteiger charge is -2.22. The van der Waals surface area contributed by atoms with Crippen molar-refractivity contribution in [3.63, 3.8) is 0 Å². The van der Waals surface area contributed by atoms with Crippen LogP contribution in [0.4, 0.5) is 0 Å². The van der Waals surface area contributed by atoms with Crippen LogP contribution in [0.1, 0.15) is 25.8 Å². The Kier molecular flexibility index (Phi) is 4.50. The molecule has 0 saturated carbocycles. The summed E-state index contributed by atoms with van der Waals surface area (Å²) in [4.78, 5) is 6.76. The molecule has 2 heterocycles. The smallest absolute Gasteiger partial charge is 0.0410 e. The zero-order chi connectivity index (χ0) is 12.3. The van der Waals surface area contributed by atoms with Gasteiger partial charge in [-0.15, -0.1) is 0 Å². The summed E-state index contributed by atoms with van der Waals surface area (Å²) in [6.07, 6.45) is 5.07. The van der Waals surface area contributed by atoms with Gasteiger partial charge in [-0.05, 0) is 40.5 Å². The molecule has 0 bridgehead atoms. The van der Waals surface area contributed by atoms with Gasteiger partial charge in [-0.3, -0.25) is 9.88 Å². The lowest BCUT2D eigenvalue weighted by atomic mass is 10.1. The molecule has 1 aliphatic heterocycles. The van der Waals surface area contributed by atoms with Crippen LogP contribution in [0, 0.1) is 0 Å². The van der Waals surface area contributed by atoms with Crippen molar-refractivity contribution in [2.45, 2.75) is 31.6 Å². The maximum Gasteiger partial charge on any atom is 0.0410 e. The van der Waals surface area contributed by atoms with Crippen LogP contribution in [0.3, 0.4) is 0 Å². The lowest BCUT2D eigenvalue weighted by molar-refractivity contribution is 0.276. The summed E-state index contributed by atoms with van der Waals surface area (Å²) in [5.41, 5.74) is 1.30. The summed E-state index contributed by atoms with van der Waals surface area (Å²) < 4.78 is 1.50. The first-order valence-electron chi connectivity index (χ1n) is 6.01. The Morgan fingerprint density at radius 1 is 1.41 bits per heavy atom. The molecule has 1 aromatic heterocycles. The number of rotatable bonds is 2. The molecule has 1 aliphatic rings. The van der Waals surface area contributed by atoms with E-state index < -0.39 is 0 Å². The average Bonchev–Trinajstić information content (AvgIpc) is 2.41. The highest BCUT2D eigenvalue weighted by Crippen LogP contribution is 2.31. The summed E-state index contributed by atoms with van der Waals surface area (Å²) in [6, 6.07) is 2.16. The van der Waals surface area contributed by atoms with E-state index in [1.54, 1.807) is 0 Å². The highest BCUT2D eigenvalue weighted by molar-refractivity contribution is 9.10.